The van der Waals surface area contributed by atoms with Gasteiger partial charge in [-0.05, 0) is 83.8 Å². The molecule has 0 bridgehead atoms. The second-order valence-electron chi connectivity index (χ2n) is 23.1. The SMILES string of the molecule is CC(C)C[C@H](NC(=O)[C@@H]1CCCN1C(=O)[C@H](CC(C)C)NC(=O)[C@H](C)NC(=O)[C@H](Cc1cnc[nH]1)NC(=O)[C@@H](N)CO)C(=O)N[C@H](C(=O)N[C@@H](Cc1c[nH]c2ccccc12)C(=O)N[C@@H](CO)C(=O)N[C@H](C(=O)N[C@@H](C)C(=O)N[C@@H](C)C(=O)O)[C@@H](C)O)[C@@H](C)O. The Hall–Kier alpha value is -8.59. The van der Waals surface area contributed by atoms with Crippen LogP contribution >= 0.6 is 0 Å². The van der Waals surface area contributed by atoms with Crippen LogP contribution in [0.1, 0.15) is 99.3 Å². The number of hydrogen-bond donors (Lipinski definition) is 18. The van der Waals surface area contributed by atoms with Crippen molar-refractivity contribution in [1.29, 1.82) is 0 Å². The first-order valence-electron chi connectivity index (χ1n) is 29.3. The standard InChI is InChI=1S/C57H87N15O17/c1-26(2)17-38(66-53(84)43-15-12-16-72(43)56(87)41(18-27(3)4)68-47(78)29(6)62-49(80)40(20-34-22-59-25-61-34)65-48(79)36(58)23-73)51(82)70-45(32(9)76)55(86)67-39(19-33-21-60-37-14-11-10-13-35(33)37)50(81)69-42(24-74)52(83)71-44(31(8)75)54(85)63-28(5)46(77)64-30(7)57(88)89/h10-11,13-14,21-22,25-32,36,38-45,60,73-76H,12,15-20,23-24,58H2,1-9H3,(H,59,61)(H,62,80)(H,63,85)(H,64,77)(H,65,79)(H,66,84)(H,67,86)(H,68,78)(H,69,81)(H,70,82)(H,71,83)(H,88,89)/t28-,29-,30-,31+,32+,36-,38-,39-,40-,41-,42-,43-,44-,45-/m0/s1. The number of likely N-dealkylation sites (tertiary alicyclic amines) is 1. The second-order valence-corrected chi connectivity index (χ2v) is 23.1. The maximum Gasteiger partial charge on any atom is 0.325 e. The van der Waals surface area contributed by atoms with Gasteiger partial charge < -0.3 is 99.3 Å². The number of carbonyl (C=O) groups is 12. The second kappa shape index (κ2) is 34.2. The number of amides is 11. The molecular weight excluding hydrogens is 1170 g/mol. The number of imidazole rings is 1. The molecule has 1 aromatic carbocycles. The molecule has 0 saturated carbocycles. The zero-order valence-corrected chi connectivity index (χ0v) is 51.2. The van der Waals surface area contributed by atoms with Crippen molar-refractivity contribution in [2.45, 2.75) is 186 Å². The van der Waals surface area contributed by atoms with Crippen LogP contribution in [0.15, 0.2) is 43.0 Å². The zero-order chi connectivity index (χ0) is 66.6. The molecule has 0 unspecified atom stereocenters. The molecule has 1 aliphatic heterocycles. The number of carbonyl (C=O) groups excluding carboxylic acids is 11. The van der Waals surface area contributed by atoms with Crippen LogP contribution in [0.2, 0.25) is 0 Å². The molecule has 1 saturated heterocycles. The summed E-state index contributed by atoms with van der Waals surface area (Å²) >= 11 is 0. The first-order chi connectivity index (χ1) is 41.9. The highest BCUT2D eigenvalue weighted by molar-refractivity contribution is 6.00. The number of fused-ring (bicyclic) bond motifs is 1. The lowest BCUT2D eigenvalue weighted by molar-refractivity contribution is -0.143. The van der Waals surface area contributed by atoms with Gasteiger partial charge in [-0.2, -0.15) is 0 Å². The third-order valence-electron chi connectivity index (χ3n) is 14.6. The summed E-state index contributed by atoms with van der Waals surface area (Å²) in [7, 11) is 0. The molecule has 32 nitrogen and oxygen atoms in total. The number of aliphatic carboxylic acids is 1. The summed E-state index contributed by atoms with van der Waals surface area (Å²) < 4.78 is 0. The van der Waals surface area contributed by atoms with Crippen molar-refractivity contribution in [2.75, 3.05) is 19.8 Å². The van der Waals surface area contributed by atoms with Gasteiger partial charge in [0.2, 0.25) is 65.0 Å². The van der Waals surface area contributed by atoms with Crippen molar-refractivity contribution in [1.82, 2.24) is 73.0 Å². The number of carboxylic acid groups (broad SMARTS) is 1. The number of carboxylic acids is 1. The van der Waals surface area contributed by atoms with E-state index >= 15 is 0 Å². The quantitative estimate of drug-likeness (QED) is 0.0266. The Bertz CT molecular complexity index is 2950. The Kier molecular flexibility index (Phi) is 28.0. The Morgan fingerprint density at radius 2 is 1.07 bits per heavy atom. The van der Waals surface area contributed by atoms with E-state index in [1.165, 1.54) is 45.1 Å². The van der Waals surface area contributed by atoms with E-state index in [2.05, 4.69) is 68.1 Å². The molecular formula is C57H87N15O17. The number of aromatic amines is 2. The number of nitrogens with zero attached hydrogens (tertiary/aromatic N) is 2. The fraction of sp³-hybridized carbons (Fsp3) is 0.596. The van der Waals surface area contributed by atoms with E-state index in [0.717, 1.165) is 6.92 Å². The molecule has 0 radical (unpaired) electrons. The Labute approximate surface area is 513 Å². The molecule has 14 atom stereocenters. The number of H-pyrrole nitrogens is 2. The minimum absolute atomic E-state index is 0.0170. The number of rotatable bonds is 34. The summed E-state index contributed by atoms with van der Waals surface area (Å²) in [6.45, 7) is 11.5. The van der Waals surface area contributed by atoms with E-state index in [1.54, 1.807) is 58.2 Å². The van der Waals surface area contributed by atoms with Crippen LogP contribution in [0.4, 0.5) is 0 Å². The van der Waals surface area contributed by atoms with E-state index in [4.69, 9.17) is 10.8 Å². The number of aliphatic hydroxyl groups excluding tert-OH is 4. The Morgan fingerprint density at radius 3 is 1.63 bits per heavy atom. The summed E-state index contributed by atoms with van der Waals surface area (Å²) in [5.41, 5.74) is 7.23. The monoisotopic (exact) mass is 1250 g/mol. The van der Waals surface area contributed by atoms with E-state index in [9.17, 15) is 78.0 Å². The maximum atomic E-state index is 14.5. The lowest BCUT2D eigenvalue weighted by atomic mass is 10.00. The van der Waals surface area contributed by atoms with Gasteiger partial charge >= 0.3 is 5.97 Å². The highest BCUT2D eigenvalue weighted by Crippen LogP contribution is 2.23. The number of benzene rings is 1. The molecule has 0 spiro atoms. The highest BCUT2D eigenvalue weighted by atomic mass is 16.4. The van der Waals surface area contributed by atoms with Gasteiger partial charge in [0.1, 0.15) is 72.5 Å². The number of hydrogen-bond acceptors (Lipinski definition) is 18. The van der Waals surface area contributed by atoms with Gasteiger partial charge in [0, 0.05) is 48.4 Å². The van der Waals surface area contributed by atoms with Crippen molar-refractivity contribution in [2.24, 2.45) is 17.6 Å². The van der Waals surface area contributed by atoms with Crippen LogP contribution in [0.3, 0.4) is 0 Å². The highest BCUT2D eigenvalue weighted by Gasteiger charge is 2.41. The third-order valence-corrected chi connectivity index (χ3v) is 14.6. The molecule has 3 heterocycles. The van der Waals surface area contributed by atoms with E-state index < -0.39 is 169 Å². The number of nitrogens with one attached hydrogen (secondary N) is 12. The summed E-state index contributed by atoms with van der Waals surface area (Å²) in [5.74, 6) is -11.9. The Morgan fingerprint density at radius 1 is 0.573 bits per heavy atom. The Balaban J connectivity index is 1.51. The summed E-state index contributed by atoms with van der Waals surface area (Å²) in [6, 6.07) is -10.4. The number of aromatic nitrogens is 3. The molecule has 1 aliphatic rings. The molecule has 19 N–H and O–H groups in total. The maximum absolute atomic E-state index is 14.5. The number of aliphatic hydroxyl groups is 4. The van der Waals surface area contributed by atoms with Gasteiger partial charge in [-0.25, -0.2) is 4.98 Å². The van der Waals surface area contributed by atoms with E-state index in [1.807, 2.05) is 0 Å². The molecule has 492 valence electrons. The average Bonchev–Trinajstić information content (AvgIpc) is 3.84. The van der Waals surface area contributed by atoms with Crippen molar-refractivity contribution in [3.63, 3.8) is 0 Å². The van der Waals surface area contributed by atoms with Gasteiger partial charge in [0.15, 0.2) is 0 Å². The van der Waals surface area contributed by atoms with Gasteiger partial charge in [0.05, 0.1) is 31.7 Å². The first kappa shape index (κ1) is 72.9. The van der Waals surface area contributed by atoms with E-state index in [0.29, 0.717) is 28.6 Å². The predicted octanol–water partition coefficient (Wildman–Crippen LogP) is -5.17. The fourth-order valence-corrected chi connectivity index (χ4v) is 9.57. The van der Waals surface area contributed by atoms with Crippen molar-refractivity contribution < 1.29 is 83.1 Å². The topological polar surface area (TPSA) is 500 Å². The lowest BCUT2D eigenvalue weighted by Crippen LogP contribution is -2.63. The van der Waals surface area contributed by atoms with Gasteiger partial charge in [0.25, 0.3) is 0 Å². The summed E-state index contributed by atoms with van der Waals surface area (Å²) in [5, 5.41) is 75.5. The molecule has 32 heteroatoms. The summed E-state index contributed by atoms with van der Waals surface area (Å²) in [4.78, 5) is 173. The molecule has 3 aromatic rings. The predicted molar refractivity (Wildman–Crippen MR) is 317 cm³/mol. The molecule has 1 fully saturated rings. The normalized spacial score (nSPS) is 17.5. The van der Waals surface area contributed by atoms with Crippen molar-refractivity contribution >= 4 is 81.9 Å². The number of para-hydroxylation sites is 1. The molecule has 2 aromatic heterocycles. The van der Waals surface area contributed by atoms with Crippen LogP contribution in [0.5, 0.6) is 0 Å². The van der Waals surface area contributed by atoms with Crippen LogP contribution in [-0.4, -0.2) is 221 Å². The van der Waals surface area contributed by atoms with Gasteiger partial charge in [-0.15, -0.1) is 0 Å². The number of nitrogens with two attached hydrogens (primary N) is 1. The molecule has 4 rings (SSSR count). The fourth-order valence-electron chi connectivity index (χ4n) is 9.57. The molecule has 0 aliphatic carbocycles. The summed E-state index contributed by atoms with van der Waals surface area (Å²) in [6.07, 6.45) is 1.26. The minimum atomic E-state index is -1.85. The van der Waals surface area contributed by atoms with Crippen molar-refractivity contribution in [3.05, 3.63) is 54.2 Å². The van der Waals surface area contributed by atoms with Crippen LogP contribution in [0.25, 0.3) is 10.9 Å². The molecule has 11 amide bonds. The van der Waals surface area contributed by atoms with Crippen LogP contribution < -0.4 is 58.9 Å². The smallest absolute Gasteiger partial charge is 0.325 e. The van der Waals surface area contributed by atoms with Gasteiger partial charge in [-0.3, -0.25) is 57.5 Å². The largest absolute Gasteiger partial charge is 0.480 e. The van der Waals surface area contributed by atoms with Gasteiger partial charge in [-0.1, -0.05) is 45.9 Å². The first-order valence-corrected chi connectivity index (χ1v) is 29.3. The zero-order valence-electron chi connectivity index (χ0n) is 51.2. The van der Waals surface area contributed by atoms with Crippen LogP contribution in [0, 0.1) is 11.8 Å². The minimum Gasteiger partial charge on any atom is -0.480 e. The molecule has 89 heavy (non-hydrogen) atoms. The van der Waals surface area contributed by atoms with Crippen LogP contribution in [-0.2, 0) is 70.4 Å². The average molecular weight is 1250 g/mol. The van der Waals surface area contributed by atoms with E-state index in [-0.39, 0.29) is 50.5 Å². The third kappa shape index (κ3) is 21.6. The van der Waals surface area contributed by atoms with Crippen molar-refractivity contribution in [3.8, 4) is 0 Å². The lowest BCUT2D eigenvalue weighted by Gasteiger charge is -2.32.